The van der Waals surface area contributed by atoms with Gasteiger partial charge in [0.05, 0.1) is 12.7 Å². The Hall–Kier alpha value is -1.63. The fourth-order valence-electron chi connectivity index (χ4n) is 9.47. The third-order valence-corrected chi connectivity index (χ3v) is 11.3. The van der Waals surface area contributed by atoms with E-state index >= 15 is 0 Å². The van der Waals surface area contributed by atoms with Crippen LogP contribution in [0.15, 0.2) is 0 Å². The van der Waals surface area contributed by atoms with Crippen molar-refractivity contribution in [1.82, 2.24) is 0 Å². The van der Waals surface area contributed by atoms with E-state index in [0.717, 1.165) is 51.4 Å². The molecule has 0 radical (unpaired) electrons. The summed E-state index contributed by atoms with van der Waals surface area (Å²) in [7, 11) is 1.43. The zero-order valence-corrected chi connectivity index (χ0v) is 23.0. The SMILES string of the molecule is COC(=O)CC[C@@H](C)[C@H]1CC[C@H]2[C@@H]3CC[C@@]4(O)C[C@H](OC(C)=O)CC[C@]4(C)[C@H]3C[C@H](OC(C)=O)[C@]12C. The number of aliphatic hydroxyl groups is 1. The first kappa shape index (κ1) is 27.4. The minimum absolute atomic E-state index is 0.150. The van der Waals surface area contributed by atoms with Gasteiger partial charge in [-0.1, -0.05) is 20.8 Å². The van der Waals surface area contributed by atoms with E-state index in [1.54, 1.807) is 0 Å². The van der Waals surface area contributed by atoms with Crippen LogP contribution < -0.4 is 0 Å². The normalized spacial score (nSPS) is 44.4. The van der Waals surface area contributed by atoms with Gasteiger partial charge in [-0.25, -0.2) is 0 Å². The van der Waals surface area contributed by atoms with Gasteiger partial charge in [-0.2, -0.15) is 0 Å². The Labute approximate surface area is 216 Å². The number of rotatable bonds is 6. The van der Waals surface area contributed by atoms with E-state index in [2.05, 4.69) is 20.8 Å². The van der Waals surface area contributed by atoms with Crippen LogP contribution in [0, 0.1) is 40.4 Å². The van der Waals surface area contributed by atoms with E-state index in [9.17, 15) is 19.5 Å². The van der Waals surface area contributed by atoms with Gasteiger partial charge in [0.2, 0.25) is 0 Å². The van der Waals surface area contributed by atoms with E-state index in [4.69, 9.17) is 14.2 Å². The topological polar surface area (TPSA) is 99.1 Å². The summed E-state index contributed by atoms with van der Waals surface area (Å²) in [6.07, 6.45) is 7.37. The molecule has 0 aromatic rings. The summed E-state index contributed by atoms with van der Waals surface area (Å²) >= 11 is 0. The second-order valence-corrected chi connectivity index (χ2v) is 12.8. The van der Waals surface area contributed by atoms with Gasteiger partial charge < -0.3 is 19.3 Å². The Bertz CT molecular complexity index is 872. The van der Waals surface area contributed by atoms with Crippen LogP contribution in [0.25, 0.3) is 0 Å². The molecule has 0 bridgehead atoms. The largest absolute Gasteiger partial charge is 0.469 e. The smallest absolute Gasteiger partial charge is 0.305 e. The number of hydrogen-bond donors (Lipinski definition) is 1. The lowest BCUT2D eigenvalue weighted by molar-refractivity contribution is -0.242. The molecule has 4 saturated carbocycles. The number of esters is 3. The molecule has 4 fully saturated rings. The Morgan fingerprint density at radius 1 is 0.972 bits per heavy atom. The highest BCUT2D eigenvalue weighted by Gasteiger charge is 2.68. The number of hydrogen-bond acceptors (Lipinski definition) is 7. The van der Waals surface area contributed by atoms with Crippen molar-refractivity contribution in [2.75, 3.05) is 7.11 Å². The fourth-order valence-corrected chi connectivity index (χ4v) is 9.47. The molecular formula is C29H46O7. The molecule has 204 valence electrons. The van der Waals surface area contributed by atoms with E-state index in [1.807, 2.05) is 0 Å². The van der Waals surface area contributed by atoms with Gasteiger partial charge in [0, 0.05) is 32.1 Å². The molecule has 0 aromatic carbocycles. The molecule has 0 aliphatic heterocycles. The van der Waals surface area contributed by atoms with Crippen LogP contribution >= 0.6 is 0 Å². The van der Waals surface area contributed by atoms with Gasteiger partial charge in [-0.3, -0.25) is 14.4 Å². The first-order valence-electron chi connectivity index (χ1n) is 14.0. The van der Waals surface area contributed by atoms with Crippen LogP contribution in [-0.2, 0) is 28.6 Å². The summed E-state index contributed by atoms with van der Waals surface area (Å²) in [6.45, 7) is 9.72. The second kappa shape index (κ2) is 9.92. The molecule has 0 unspecified atom stereocenters. The van der Waals surface area contributed by atoms with Gasteiger partial charge in [0.15, 0.2) is 0 Å². The summed E-state index contributed by atoms with van der Waals surface area (Å²) < 4.78 is 16.5. The standard InChI is InChI=1S/C29H46O7/c1-17(7-10-26(32)34-6)22-8-9-23-21-12-14-29(33)16-20(35-18(2)30)11-13-27(29,4)24(21)15-25(28(22,23)5)36-19(3)31/h17,20-25,33H,7-16H2,1-6H3/t17-,20-,21+,22-,23+,24+,25+,27-,28-,29-/m1/s1. The van der Waals surface area contributed by atoms with Crippen LogP contribution in [-0.4, -0.2) is 47.9 Å². The van der Waals surface area contributed by atoms with Gasteiger partial charge in [-0.05, 0) is 86.4 Å². The van der Waals surface area contributed by atoms with Gasteiger partial charge in [0.1, 0.15) is 12.2 Å². The van der Waals surface area contributed by atoms with Crippen molar-refractivity contribution < 1.29 is 33.7 Å². The van der Waals surface area contributed by atoms with Crippen LogP contribution in [0.2, 0.25) is 0 Å². The average molecular weight is 507 g/mol. The zero-order valence-electron chi connectivity index (χ0n) is 23.0. The zero-order chi connectivity index (χ0) is 26.5. The number of ether oxygens (including phenoxy) is 3. The van der Waals surface area contributed by atoms with Crippen molar-refractivity contribution in [2.24, 2.45) is 40.4 Å². The van der Waals surface area contributed by atoms with Crippen molar-refractivity contribution in [3.8, 4) is 0 Å². The highest BCUT2D eigenvalue weighted by atomic mass is 16.5. The molecule has 7 heteroatoms. The highest BCUT2D eigenvalue weighted by Crippen LogP contribution is 2.69. The lowest BCUT2D eigenvalue weighted by Gasteiger charge is -2.65. The van der Waals surface area contributed by atoms with Crippen molar-refractivity contribution in [3.63, 3.8) is 0 Å². The average Bonchev–Trinajstić information content (AvgIpc) is 3.16. The monoisotopic (exact) mass is 506 g/mol. The quantitative estimate of drug-likeness (QED) is 0.407. The van der Waals surface area contributed by atoms with Crippen molar-refractivity contribution in [3.05, 3.63) is 0 Å². The van der Waals surface area contributed by atoms with Crippen LogP contribution in [0.5, 0.6) is 0 Å². The predicted molar refractivity (Wildman–Crippen MR) is 134 cm³/mol. The summed E-state index contributed by atoms with van der Waals surface area (Å²) in [5.74, 6) is 1.11. The molecule has 4 rings (SSSR count). The van der Waals surface area contributed by atoms with E-state index in [-0.39, 0.29) is 46.9 Å². The number of fused-ring (bicyclic) bond motifs is 5. The van der Waals surface area contributed by atoms with Gasteiger partial charge in [0.25, 0.3) is 0 Å². The maximum absolute atomic E-state index is 12.3. The molecule has 1 N–H and O–H groups in total. The second-order valence-electron chi connectivity index (χ2n) is 12.8. The van der Waals surface area contributed by atoms with E-state index in [1.165, 1.54) is 21.0 Å². The van der Waals surface area contributed by atoms with Crippen LogP contribution in [0.4, 0.5) is 0 Å². The van der Waals surface area contributed by atoms with Crippen molar-refractivity contribution >= 4 is 17.9 Å². The molecule has 4 aliphatic rings. The molecule has 0 spiro atoms. The first-order valence-corrected chi connectivity index (χ1v) is 14.0. The minimum Gasteiger partial charge on any atom is -0.469 e. The van der Waals surface area contributed by atoms with Gasteiger partial charge >= 0.3 is 17.9 Å². The Morgan fingerprint density at radius 3 is 2.31 bits per heavy atom. The Balaban J connectivity index is 1.62. The predicted octanol–water partition coefficient (Wildman–Crippen LogP) is 4.82. The summed E-state index contributed by atoms with van der Waals surface area (Å²) in [5, 5.41) is 12.0. The fraction of sp³-hybridized carbons (Fsp3) is 0.897. The summed E-state index contributed by atoms with van der Waals surface area (Å²) in [4.78, 5) is 35.8. The van der Waals surface area contributed by atoms with E-state index < -0.39 is 5.60 Å². The molecule has 0 aromatic heterocycles. The van der Waals surface area contributed by atoms with Gasteiger partial charge in [-0.15, -0.1) is 0 Å². The number of carbonyl (C=O) groups is 3. The molecule has 0 saturated heterocycles. The van der Waals surface area contributed by atoms with E-state index in [0.29, 0.717) is 36.5 Å². The lowest BCUT2D eigenvalue weighted by Crippen LogP contribution is -2.65. The molecule has 7 nitrogen and oxygen atoms in total. The number of methoxy groups -OCH3 is 1. The Kier molecular flexibility index (Phi) is 7.55. The maximum atomic E-state index is 12.3. The third kappa shape index (κ3) is 4.48. The third-order valence-electron chi connectivity index (χ3n) is 11.3. The summed E-state index contributed by atoms with van der Waals surface area (Å²) in [6, 6.07) is 0. The molecule has 0 heterocycles. The molecule has 4 aliphatic carbocycles. The molecule has 10 atom stereocenters. The number of carbonyl (C=O) groups excluding carboxylic acids is 3. The summed E-state index contributed by atoms with van der Waals surface area (Å²) in [5.41, 5.74) is -1.34. The molecule has 36 heavy (non-hydrogen) atoms. The first-order chi connectivity index (χ1) is 16.9. The van der Waals surface area contributed by atoms with Crippen LogP contribution in [0.1, 0.15) is 98.8 Å². The molecule has 0 amide bonds. The maximum Gasteiger partial charge on any atom is 0.305 e. The highest BCUT2D eigenvalue weighted by molar-refractivity contribution is 5.69. The van der Waals surface area contributed by atoms with Crippen molar-refractivity contribution in [2.45, 2.75) is 117 Å². The van der Waals surface area contributed by atoms with Crippen molar-refractivity contribution in [1.29, 1.82) is 0 Å². The lowest BCUT2D eigenvalue weighted by atomic mass is 9.42. The molecular weight excluding hydrogens is 460 g/mol. The Morgan fingerprint density at radius 2 is 1.67 bits per heavy atom. The minimum atomic E-state index is -0.882. The van der Waals surface area contributed by atoms with Crippen LogP contribution in [0.3, 0.4) is 0 Å².